The van der Waals surface area contributed by atoms with Crippen molar-refractivity contribution in [1.82, 2.24) is 24.8 Å². The van der Waals surface area contributed by atoms with Crippen molar-refractivity contribution in [3.63, 3.8) is 0 Å². The van der Waals surface area contributed by atoms with E-state index in [0.717, 1.165) is 42.9 Å². The van der Waals surface area contributed by atoms with Crippen LogP contribution in [0.25, 0.3) is 0 Å². The van der Waals surface area contributed by atoms with Crippen LogP contribution in [0.2, 0.25) is 0 Å². The quantitative estimate of drug-likeness (QED) is 0.503. The highest BCUT2D eigenvalue weighted by molar-refractivity contribution is 7.79. The summed E-state index contributed by atoms with van der Waals surface area (Å²) < 4.78 is 20.6. The number of likely N-dealkylation sites (tertiary alicyclic amines) is 1. The van der Waals surface area contributed by atoms with Crippen molar-refractivity contribution in [2.24, 2.45) is 0 Å². The summed E-state index contributed by atoms with van der Waals surface area (Å²) in [6.07, 6.45) is 5.03. The number of carbonyl (C=O) groups excluding carboxylic acids is 1. The molecule has 2 N–H and O–H groups in total. The average molecular weight is 507 g/mol. The van der Waals surface area contributed by atoms with Gasteiger partial charge in [0.15, 0.2) is 5.03 Å². The third kappa shape index (κ3) is 5.16. The molecular formula is C26H30N6O3S. The molecule has 0 aliphatic carbocycles. The number of benzene rings is 1. The second kappa shape index (κ2) is 10.0. The average Bonchev–Trinajstić information content (AvgIpc) is 3.26. The number of aromatic nitrogens is 3. The Hall–Kier alpha value is -3.21. The zero-order valence-corrected chi connectivity index (χ0v) is 21.5. The SMILES string of the molecule is Cc1cc(C)cc(Nc2ncc3c(n2)CN([C@@H]2CCN(C(=O)c4ccnc(S(=O)O)c4)[C@H](C)C2)C3)c1. The van der Waals surface area contributed by atoms with Crippen molar-refractivity contribution < 1.29 is 13.6 Å². The lowest BCUT2D eigenvalue weighted by Crippen LogP contribution is -2.50. The van der Waals surface area contributed by atoms with Crippen LogP contribution < -0.4 is 5.32 Å². The Balaban J connectivity index is 1.22. The number of carbonyl (C=O) groups is 1. The van der Waals surface area contributed by atoms with Gasteiger partial charge in [0.25, 0.3) is 5.91 Å². The van der Waals surface area contributed by atoms with E-state index in [4.69, 9.17) is 4.98 Å². The Morgan fingerprint density at radius 1 is 1.14 bits per heavy atom. The molecule has 5 rings (SSSR count). The van der Waals surface area contributed by atoms with E-state index in [9.17, 15) is 13.6 Å². The van der Waals surface area contributed by atoms with Crippen LogP contribution in [0.3, 0.4) is 0 Å². The van der Waals surface area contributed by atoms with Crippen LogP contribution in [0.1, 0.15) is 52.5 Å². The van der Waals surface area contributed by atoms with Crippen LogP contribution in [-0.4, -0.2) is 58.0 Å². The number of hydrogen-bond acceptors (Lipinski definition) is 7. The topological polar surface area (TPSA) is 112 Å². The highest BCUT2D eigenvalue weighted by Crippen LogP contribution is 2.31. The number of nitrogens with one attached hydrogen (secondary N) is 1. The van der Waals surface area contributed by atoms with Crippen molar-refractivity contribution in [2.45, 2.75) is 63.8 Å². The van der Waals surface area contributed by atoms with E-state index in [1.807, 2.05) is 11.1 Å². The summed E-state index contributed by atoms with van der Waals surface area (Å²) in [5.41, 5.74) is 5.95. The first-order valence-corrected chi connectivity index (χ1v) is 13.2. The highest BCUT2D eigenvalue weighted by Gasteiger charge is 2.35. The summed E-state index contributed by atoms with van der Waals surface area (Å²) in [6.45, 7) is 8.41. The van der Waals surface area contributed by atoms with Crippen LogP contribution in [0.15, 0.2) is 47.8 Å². The molecule has 3 atom stereocenters. The maximum atomic E-state index is 13.1. The fourth-order valence-electron chi connectivity index (χ4n) is 5.26. The smallest absolute Gasteiger partial charge is 0.254 e. The number of fused-ring (bicyclic) bond motifs is 1. The highest BCUT2D eigenvalue weighted by atomic mass is 32.2. The third-order valence-corrected chi connectivity index (χ3v) is 7.53. The first-order chi connectivity index (χ1) is 17.3. The first-order valence-electron chi connectivity index (χ1n) is 12.1. The van der Waals surface area contributed by atoms with E-state index >= 15 is 0 Å². The van der Waals surface area contributed by atoms with Gasteiger partial charge in [0.05, 0.1) is 5.69 Å². The third-order valence-electron chi connectivity index (χ3n) is 6.94. The van der Waals surface area contributed by atoms with Crippen LogP contribution in [0.4, 0.5) is 11.6 Å². The second-order valence-electron chi connectivity index (χ2n) is 9.73. The number of rotatable bonds is 5. The number of pyridine rings is 1. The predicted molar refractivity (Wildman–Crippen MR) is 137 cm³/mol. The Labute approximate surface area is 213 Å². The van der Waals surface area contributed by atoms with Gasteiger partial charge in [-0.1, -0.05) is 6.07 Å². The zero-order chi connectivity index (χ0) is 25.4. The predicted octanol–water partition coefficient (Wildman–Crippen LogP) is 3.82. The minimum Gasteiger partial charge on any atom is -0.336 e. The van der Waals surface area contributed by atoms with Gasteiger partial charge < -0.3 is 14.8 Å². The lowest BCUT2D eigenvalue weighted by Gasteiger charge is -2.41. The van der Waals surface area contributed by atoms with Gasteiger partial charge in [0, 0.05) is 60.9 Å². The minimum atomic E-state index is -2.22. The van der Waals surface area contributed by atoms with E-state index in [0.29, 0.717) is 24.1 Å². The van der Waals surface area contributed by atoms with E-state index < -0.39 is 11.1 Å². The second-order valence-corrected chi connectivity index (χ2v) is 10.6. The van der Waals surface area contributed by atoms with Gasteiger partial charge >= 0.3 is 0 Å². The minimum absolute atomic E-state index is 0.00859. The zero-order valence-electron chi connectivity index (χ0n) is 20.6. The Morgan fingerprint density at radius 2 is 1.92 bits per heavy atom. The number of amides is 1. The molecule has 188 valence electrons. The van der Waals surface area contributed by atoms with E-state index in [2.05, 4.69) is 59.2 Å². The number of piperidine rings is 1. The van der Waals surface area contributed by atoms with Crippen molar-refractivity contribution >= 4 is 28.6 Å². The van der Waals surface area contributed by atoms with E-state index in [-0.39, 0.29) is 17.0 Å². The lowest BCUT2D eigenvalue weighted by molar-refractivity contribution is 0.0460. The Kier molecular flexibility index (Phi) is 6.83. The summed E-state index contributed by atoms with van der Waals surface area (Å²) >= 11 is -2.22. The molecule has 0 spiro atoms. The van der Waals surface area contributed by atoms with Crippen LogP contribution >= 0.6 is 0 Å². The molecule has 1 aromatic carbocycles. The molecule has 9 nitrogen and oxygen atoms in total. The summed E-state index contributed by atoms with van der Waals surface area (Å²) in [4.78, 5) is 30.6. The van der Waals surface area contributed by atoms with Crippen LogP contribution in [0, 0.1) is 13.8 Å². The van der Waals surface area contributed by atoms with Crippen LogP contribution in [0.5, 0.6) is 0 Å². The fraction of sp³-hybridized carbons (Fsp3) is 0.385. The van der Waals surface area contributed by atoms with Gasteiger partial charge in [-0.2, -0.15) is 0 Å². The van der Waals surface area contributed by atoms with Gasteiger partial charge in [-0.3, -0.25) is 9.69 Å². The van der Waals surface area contributed by atoms with Crippen molar-refractivity contribution in [3.8, 4) is 0 Å². The Bertz CT molecular complexity index is 1310. The molecule has 2 aromatic heterocycles. The van der Waals surface area contributed by atoms with Gasteiger partial charge in [-0.05, 0) is 69.0 Å². The molecular weight excluding hydrogens is 476 g/mol. The molecule has 2 aliphatic rings. The summed E-state index contributed by atoms with van der Waals surface area (Å²) in [6, 6.07) is 9.69. The van der Waals surface area contributed by atoms with Gasteiger partial charge in [-0.25, -0.2) is 19.2 Å². The largest absolute Gasteiger partial charge is 0.336 e. The van der Waals surface area contributed by atoms with Crippen molar-refractivity contribution in [3.05, 3.63) is 70.7 Å². The molecule has 4 heterocycles. The normalized spacial score (nSPS) is 20.7. The van der Waals surface area contributed by atoms with Crippen molar-refractivity contribution in [1.29, 1.82) is 0 Å². The maximum absolute atomic E-state index is 13.1. The molecule has 1 saturated heterocycles. The maximum Gasteiger partial charge on any atom is 0.254 e. The van der Waals surface area contributed by atoms with Crippen molar-refractivity contribution in [2.75, 3.05) is 11.9 Å². The summed E-state index contributed by atoms with van der Waals surface area (Å²) in [5, 5.41) is 3.33. The van der Waals surface area contributed by atoms with Gasteiger partial charge in [0.2, 0.25) is 17.0 Å². The molecule has 0 saturated carbocycles. The first kappa shape index (κ1) is 24.5. The molecule has 3 aromatic rings. The molecule has 1 unspecified atom stereocenters. The fourth-order valence-corrected chi connectivity index (χ4v) is 5.64. The molecule has 0 bridgehead atoms. The number of aryl methyl sites for hydroxylation is 2. The Morgan fingerprint density at radius 3 is 2.64 bits per heavy atom. The summed E-state index contributed by atoms with van der Waals surface area (Å²) in [7, 11) is 0. The van der Waals surface area contributed by atoms with Gasteiger partial charge in [0.1, 0.15) is 0 Å². The molecule has 36 heavy (non-hydrogen) atoms. The van der Waals surface area contributed by atoms with Gasteiger partial charge in [-0.15, -0.1) is 0 Å². The monoisotopic (exact) mass is 506 g/mol. The van der Waals surface area contributed by atoms with E-state index in [1.165, 1.54) is 23.4 Å². The molecule has 1 amide bonds. The molecule has 0 radical (unpaired) electrons. The standard InChI is InChI=1S/C26H30N6O3S/c1-16-8-17(2)10-21(9-16)29-26-28-13-20-14-31(15-23(20)30-26)22-5-7-32(18(3)11-22)25(33)19-4-6-27-24(12-19)36(34)35/h4,6,8-10,12-13,18,22H,5,7,11,14-15H2,1-3H3,(H,34,35)(H,28,29,30)/t18-,22-/m1/s1. The number of hydrogen-bond donors (Lipinski definition) is 2. The number of anilines is 2. The molecule has 2 aliphatic heterocycles. The molecule has 1 fully saturated rings. The lowest BCUT2D eigenvalue weighted by atomic mass is 9.96. The number of nitrogens with zero attached hydrogens (tertiary/aromatic N) is 5. The summed E-state index contributed by atoms with van der Waals surface area (Å²) in [5.74, 6) is 0.475. The van der Waals surface area contributed by atoms with Crippen LogP contribution in [-0.2, 0) is 24.2 Å². The molecule has 10 heteroatoms. The van der Waals surface area contributed by atoms with E-state index in [1.54, 1.807) is 6.07 Å².